The van der Waals surface area contributed by atoms with Gasteiger partial charge < -0.3 is 27.9 Å². The minimum absolute atomic E-state index is 0.0200. The number of rotatable bonds is 39. The van der Waals surface area contributed by atoms with Crippen LogP contribution >= 0.6 is 7.82 Å². The first kappa shape index (κ1) is 49.1. The van der Waals surface area contributed by atoms with Crippen LogP contribution in [-0.2, 0) is 27.9 Å². The third kappa shape index (κ3) is 38.3. The van der Waals surface area contributed by atoms with Crippen molar-refractivity contribution in [2.45, 2.75) is 200 Å². The van der Waals surface area contributed by atoms with Gasteiger partial charge in [0.2, 0.25) is 0 Å². The highest BCUT2D eigenvalue weighted by Crippen LogP contribution is 2.38. The van der Waals surface area contributed by atoms with E-state index in [0.29, 0.717) is 17.4 Å². The Labute approximate surface area is 310 Å². The highest BCUT2D eigenvalue weighted by atomic mass is 31.2. The van der Waals surface area contributed by atoms with Gasteiger partial charge in [-0.1, -0.05) is 168 Å². The van der Waals surface area contributed by atoms with Crippen LogP contribution in [0.4, 0.5) is 0 Å². The summed E-state index contributed by atoms with van der Waals surface area (Å²) >= 11 is 0. The first-order chi connectivity index (χ1) is 24.1. The van der Waals surface area contributed by atoms with Crippen LogP contribution in [0.25, 0.3) is 0 Å². The molecule has 1 unspecified atom stereocenters. The predicted octanol–water partition coefficient (Wildman–Crippen LogP) is 11.6. The lowest BCUT2D eigenvalue weighted by molar-refractivity contribution is -0.870. The number of quaternary nitrogens is 1. The Morgan fingerprint density at radius 1 is 0.620 bits per heavy atom. The average molecular weight is 732 g/mol. The number of unbranched alkanes of at least 4 members (excludes halogenated alkanes) is 25. The van der Waals surface area contributed by atoms with E-state index in [0.717, 1.165) is 32.1 Å². The summed E-state index contributed by atoms with van der Waals surface area (Å²) in [6.07, 6.45) is 37.4. The Hall–Kier alpha value is -0.920. The van der Waals surface area contributed by atoms with E-state index in [4.69, 9.17) is 18.5 Å². The van der Waals surface area contributed by atoms with Crippen LogP contribution in [0.1, 0.15) is 194 Å². The molecule has 0 N–H and O–H groups in total. The molecule has 0 amide bonds. The molecule has 0 aliphatic carbocycles. The molecular formula is C41H82NO7P. The largest absolute Gasteiger partial charge is 0.756 e. The Bertz CT molecular complexity index is 817. The standard InChI is InChI=1S/C41H82NO7P/c1-6-8-10-12-14-16-18-20-21-22-23-25-27-29-31-33-36-46-38-40(39-48-50(44,45)47-37-35-42(3,4)5)49-41(43)34-32-30-28-26-24-19-17-15-13-11-9-7-2/h33,36,40H,6-32,34-35,37-39H2,1-5H3/b36-33+/t40-/m1/s1. The van der Waals surface area contributed by atoms with Crippen LogP contribution in [0.15, 0.2) is 12.3 Å². The van der Waals surface area contributed by atoms with Crippen molar-refractivity contribution in [3.05, 3.63) is 12.3 Å². The molecule has 0 saturated heterocycles. The number of hydrogen-bond donors (Lipinski definition) is 0. The number of carbonyl (C=O) groups excluding carboxylic acids is 1. The zero-order chi connectivity index (χ0) is 37.0. The molecule has 0 fully saturated rings. The Morgan fingerprint density at radius 3 is 1.48 bits per heavy atom. The first-order valence-corrected chi connectivity index (χ1v) is 22.4. The van der Waals surface area contributed by atoms with E-state index in [1.807, 2.05) is 27.2 Å². The van der Waals surface area contributed by atoms with Crippen LogP contribution in [0.2, 0.25) is 0 Å². The maximum atomic E-state index is 12.6. The van der Waals surface area contributed by atoms with Crippen molar-refractivity contribution in [2.75, 3.05) is 47.5 Å². The molecule has 0 radical (unpaired) electrons. The lowest BCUT2D eigenvalue weighted by Crippen LogP contribution is -2.37. The summed E-state index contributed by atoms with van der Waals surface area (Å²) in [6.45, 7) is 4.75. The predicted molar refractivity (Wildman–Crippen MR) is 208 cm³/mol. The van der Waals surface area contributed by atoms with Gasteiger partial charge >= 0.3 is 5.97 Å². The van der Waals surface area contributed by atoms with Crippen LogP contribution in [-0.4, -0.2) is 64.1 Å². The van der Waals surface area contributed by atoms with Gasteiger partial charge in [-0.25, -0.2) is 0 Å². The van der Waals surface area contributed by atoms with Crippen LogP contribution < -0.4 is 4.89 Å². The van der Waals surface area contributed by atoms with E-state index in [1.165, 1.54) is 141 Å². The van der Waals surface area contributed by atoms with Crippen LogP contribution in [0, 0.1) is 0 Å². The number of phosphoric ester groups is 1. The second kappa shape index (κ2) is 35.1. The Morgan fingerprint density at radius 2 is 1.04 bits per heavy atom. The molecule has 0 aliphatic heterocycles. The van der Waals surface area contributed by atoms with Crippen LogP contribution in [0.3, 0.4) is 0 Å². The van der Waals surface area contributed by atoms with Crippen LogP contribution in [0.5, 0.6) is 0 Å². The molecule has 0 spiro atoms. The maximum absolute atomic E-state index is 12.6. The van der Waals surface area contributed by atoms with Gasteiger partial charge in [-0.15, -0.1) is 0 Å². The summed E-state index contributed by atoms with van der Waals surface area (Å²) in [6, 6.07) is 0. The zero-order valence-electron chi connectivity index (χ0n) is 33.6. The molecule has 0 aromatic rings. The quantitative estimate of drug-likeness (QED) is 0.0204. The second-order valence-electron chi connectivity index (χ2n) is 15.4. The number of hydrogen-bond acceptors (Lipinski definition) is 7. The summed E-state index contributed by atoms with van der Waals surface area (Å²) in [4.78, 5) is 24.9. The van der Waals surface area contributed by atoms with Gasteiger partial charge in [0.15, 0.2) is 6.10 Å². The highest BCUT2D eigenvalue weighted by Gasteiger charge is 2.20. The molecule has 8 nitrogen and oxygen atoms in total. The van der Waals surface area contributed by atoms with Crippen molar-refractivity contribution in [2.24, 2.45) is 0 Å². The van der Waals surface area contributed by atoms with E-state index >= 15 is 0 Å². The topological polar surface area (TPSA) is 94.1 Å². The fraction of sp³-hybridized carbons (Fsp3) is 0.927. The molecule has 9 heteroatoms. The number of esters is 1. The average Bonchev–Trinajstić information content (AvgIpc) is 3.06. The summed E-state index contributed by atoms with van der Waals surface area (Å²) in [5, 5.41) is 0. The van der Waals surface area contributed by atoms with Gasteiger partial charge in [0.25, 0.3) is 7.82 Å². The van der Waals surface area contributed by atoms with E-state index in [-0.39, 0.29) is 25.8 Å². The van der Waals surface area contributed by atoms with Crippen molar-refractivity contribution in [3.63, 3.8) is 0 Å². The summed E-state index contributed by atoms with van der Waals surface area (Å²) in [5.74, 6) is -0.354. The third-order valence-corrected chi connectivity index (χ3v) is 10.1. The molecule has 0 heterocycles. The summed E-state index contributed by atoms with van der Waals surface area (Å²) < 4.78 is 34.3. The van der Waals surface area contributed by atoms with Crippen molar-refractivity contribution in [1.82, 2.24) is 0 Å². The molecule has 0 rings (SSSR count). The summed E-state index contributed by atoms with van der Waals surface area (Å²) in [5.41, 5.74) is 0. The SMILES string of the molecule is CCCCCCCCCCCCCCCC/C=C/OC[C@H](COP(=O)([O-])OCC[N+](C)(C)C)OC(=O)CCCCCCCCCCCCCC. The molecule has 298 valence electrons. The van der Waals surface area contributed by atoms with E-state index in [1.54, 1.807) is 6.26 Å². The van der Waals surface area contributed by atoms with E-state index in [2.05, 4.69) is 13.8 Å². The fourth-order valence-electron chi connectivity index (χ4n) is 5.87. The summed E-state index contributed by atoms with van der Waals surface area (Å²) in [7, 11) is 1.33. The van der Waals surface area contributed by atoms with E-state index in [9.17, 15) is 14.3 Å². The van der Waals surface area contributed by atoms with Gasteiger partial charge in [-0.3, -0.25) is 9.36 Å². The van der Waals surface area contributed by atoms with Crippen molar-refractivity contribution >= 4 is 13.8 Å². The second-order valence-corrected chi connectivity index (χ2v) is 16.8. The lowest BCUT2D eigenvalue weighted by Gasteiger charge is -2.28. The van der Waals surface area contributed by atoms with Crippen molar-refractivity contribution in [3.8, 4) is 0 Å². The highest BCUT2D eigenvalue weighted by molar-refractivity contribution is 7.45. The number of likely N-dealkylation sites (N-methyl/N-ethyl adjacent to an activating group) is 1. The number of phosphoric acid groups is 1. The van der Waals surface area contributed by atoms with Gasteiger partial charge in [0.1, 0.15) is 19.8 Å². The molecule has 0 aromatic heterocycles. The van der Waals surface area contributed by atoms with Gasteiger partial charge in [-0.2, -0.15) is 0 Å². The number of ether oxygens (including phenoxy) is 2. The fourth-order valence-corrected chi connectivity index (χ4v) is 6.59. The normalized spacial score (nSPS) is 13.9. The molecule has 2 atom stereocenters. The minimum Gasteiger partial charge on any atom is -0.756 e. The Balaban J connectivity index is 4.27. The molecular weight excluding hydrogens is 649 g/mol. The smallest absolute Gasteiger partial charge is 0.306 e. The Kier molecular flexibility index (Phi) is 34.5. The van der Waals surface area contributed by atoms with Crippen molar-refractivity contribution < 1.29 is 37.3 Å². The van der Waals surface area contributed by atoms with Gasteiger partial charge in [0, 0.05) is 6.42 Å². The number of allylic oxidation sites excluding steroid dienone is 1. The first-order valence-electron chi connectivity index (χ1n) is 21.0. The van der Waals surface area contributed by atoms with Gasteiger partial charge in [0.05, 0.1) is 34.0 Å². The number of nitrogens with zero attached hydrogens (tertiary/aromatic N) is 1. The minimum atomic E-state index is -4.53. The zero-order valence-corrected chi connectivity index (χ0v) is 34.5. The van der Waals surface area contributed by atoms with Gasteiger partial charge in [-0.05, 0) is 25.3 Å². The number of carbonyl (C=O) groups is 1. The van der Waals surface area contributed by atoms with Crippen molar-refractivity contribution in [1.29, 1.82) is 0 Å². The molecule has 0 bridgehead atoms. The molecule has 0 saturated carbocycles. The third-order valence-electron chi connectivity index (χ3n) is 9.16. The molecule has 0 aliphatic rings. The maximum Gasteiger partial charge on any atom is 0.306 e. The monoisotopic (exact) mass is 732 g/mol. The van der Waals surface area contributed by atoms with E-state index < -0.39 is 13.9 Å². The molecule has 50 heavy (non-hydrogen) atoms. The lowest BCUT2D eigenvalue weighted by atomic mass is 10.0. The molecule has 0 aromatic carbocycles.